The third-order valence-electron chi connectivity index (χ3n) is 3.45. The number of nitrogens with zero attached hydrogens (tertiary/aromatic N) is 4. The summed E-state index contributed by atoms with van der Waals surface area (Å²) in [5, 5.41) is 3.96. The average molecular weight is 266 g/mol. The van der Waals surface area contributed by atoms with Crippen molar-refractivity contribution in [2.75, 3.05) is 13.7 Å². The highest BCUT2D eigenvalue weighted by Gasteiger charge is 2.35. The Labute approximate surface area is 111 Å². The third kappa shape index (κ3) is 2.74. The van der Waals surface area contributed by atoms with E-state index >= 15 is 0 Å². The number of ether oxygens (including phenoxy) is 1. The molecule has 1 unspecified atom stereocenters. The summed E-state index contributed by atoms with van der Waals surface area (Å²) in [7, 11) is 1.35. The van der Waals surface area contributed by atoms with Crippen molar-refractivity contribution in [3.8, 4) is 0 Å². The predicted octanol–water partition coefficient (Wildman–Crippen LogP) is 0.393. The van der Waals surface area contributed by atoms with Gasteiger partial charge in [-0.2, -0.15) is 5.10 Å². The molecule has 1 aromatic rings. The molecule has 2 rings (SSSR count). The molecule has 7 nitrogen and oxygen atoms in total. The van der Waals surface area contributed by atoms with Crippen LogP contribution in [0.2, 0.25) is 0 Å². The molecule has 0 saturated carbocycles. The van der Waals surface area contributed by atoms with Crippen molar-refractivity contribution in [3.63, 3.8) is 0 Å². The minimum Gasteiger partial charge on any atom is -0.467 e. The van der Waals surface area contributed by atoms with Crippen molar-refractivity contribution < 1.29 is 14.3 Å². The first-order valence-electron chi connectivity index (χ1n) is 6.37. The molecule has 2 atom stereocenters. The molecule has 0 N–H and O–H groups in total. The number of methoxy groups -OCH3 is 1. The van der Waals surface area contributed by atoms with Crippen molar-refractivity contribution in [3.05, 3.63) is 12.7 Å². The summed E-state index contributed by atoms with van der Waals surface area (Å²) in [4.78, 5) is 29.6. The highest BCUT2D eigenvalue weighted by atomic mass is 16.5. The van der Waals surface area contributed by atoms with Crippen LogP contribution in [-0.2, 0) is 14.3 Å². The van der Waals surface area contributed by atoms with Crippen LogP contribution in [0.15, 0.2) is 12.7 Å². The number of likely N-dealkylation sites (tertiary alicyclic amines) is 1. The third-order valence-corrected chi connectivity index (χ3v) is 3.45. The van der Waals surface area contributed by atoms with Crippen molar-refractivity contribution in [2.45, 2.75) is 38.3 Å². The summed E-state index contributed by atoms with van der Waals surface area (Å²) in [6, 6.07) is -0.940. The highest BCUT2D eigenvalue weighted by Crippen LogP contribution is 2.21. The number of esters is 1. The largest absolute Gasteiger partial charge is 0.467 e. The van der Waals surface area contributed by atoms with Crippen LogP contribution in [0, 0.1) is 0 Å². The van der Waals surface area contributed by atoms with Crippen LogP contribution in [0.25, 0.3) is 0 Å². The van der Waals surface area contributed by atoms with Gasteiger partial charge in [-0.15, -0.1) is 0 Å². The molecule has 1 aliphatic rings. The number of aromatic nitrogens is 3. The standard InChI is InChI=1S/C12H18N4O3/c1-9(16-8-13-7-14-16)11(17)15-6-4-3-5-10(15)12(18)19-2/h7-10H,3-6H2,1-2H3/t9?,10-/m1/s1. The van der Waals surface area contributed by atoms with Crippen molar-refractivity contribution in [1.29, 1.82) is 0 Å². The van der Waals surface area contributed by atoms with Crippen LogP contribution >= 0.6 is 0 Å². The van der Waals surface area contributed by atoms with Gasteiger partial charge in [0.25, 0.3) is 0 Å². The molecule has 0 aliphatic carbocycles. The number of rotatable bonds is 3. The van der Waals surface area contributed by atoms with Crippen LogP contribution in [0.1, 0.15) is 32.2 Å². The Hall–Kier alpha value is -1.92. The average Bonchev–Trinajstić information content (AvgIpc) is 2.99. The maximum absolute atomic E-state index is 12.5. The van der Waals surface area contributed by atoms with Gasteiger partial charge >= 0.3 is 5.97 Å². The van der Waals surface area contributed by atoms with Gasteiger partial charge in [-0.05, 0) is 26.2 Å². The molecule has 0 bridgehead atoms. The van der Waals surface area contributed by atoms with Crippen molar-refractivity contribution >= 4 is 11.9 Å². The summed E-state index contributed by atoms with van der Waals surface area (Å²) in [5.41, 5.74) is 0. The van der Waals surface area contributed by atoms with Gasteiger partial charge < -0.3 is 9.64 Å². The minimum atomic E-state index is -0.475. The fourth-order valence-corrected chi connectivity index (χ4v) is 2.35. The Kier molecular flexibility index (Phi) is 4.13. The first-order chi connectivity index (χ1) is 9.15. The molecule has 0 spiro atoms. The van der Waals surface area contributed by atoms with Gasteiger partial charge in [0.15, 0.2) is 0 Å². The molecule has 0 radical (unpaired) electrons. The second-order valence-electron chi connectivity index (χ2n) is 4.62. The first kappa shape index (κ1) is 13.5. The van der Waals surface area contributed by atoms with Gasteiger partial charge in [-0.25, -0.2) is 14.5 Å². The van der Waals surface area contributed by atoms with Crippen LogP contribution in [0.3, 0.4) is 0 Å². The lowest BCUT2D eigenvalue weighted by molar-refractivity contribution is -0.155. The zero-order chi connectivity index (χ0) is 13.8. The maximum atomic E-state index is 12.5. The second-order valence-corrected chi connectivity index (χ2v) is 4.62. The topological polar surface area (TPSA) is 77.3 Å². The molecule has 1 aromatic heterocycles. The van der Waals surface area contributed by atoms with E-state index in [4.69, 9.17) is 4.74 Å². The zero-order valence-electron chi connectivity index (χ0n) is 11.2. The minimum absolute atomic E-state index is 0.124. The number of hydrogen-bond donors (Lipinski definition) is 0. The quantitative estimate of drug-likeness (QED) is 0.740. The van der Waals surface area contributed by atoms with Gasteiger partial charge in [-0.1, -0.05) is 0 Å². The molecule has 1 fully saturated rings. The summed E-state index contributed by atoms with van der Waals surface area (Å²) >= 11 is 0. The molecule has 1 aliphatic heterocycles. The van der Waals surface area contributed by atoms with E-state index in [0.717, 1.165) is 12.8 Å². The van der Waals surface area contributed by atoms with E-state index in [1.807, 2.05) is 0 Å². The zero-order valence-corrected chi connectivity index (χ0v) is 11.2. The molecular weight excluding hydrogens is 248 g/mol. The van der Waals surface area contributed by atoms with Gasteiger partial charge in [0, 0.05) is 6.54 Å². The molecule has 104 valence electrons. The lowest BCUT2D eigenvalue weighted by Crippen LogP contribution is -2.50. The van der Waals surface area contributed by atoms with Gasteiger partial charge in [0.2, 0.25) is 5.91 Å². The molecule has 2 heterocycles. The van der Waals surface area contributed by atoms with E-state index in [1.54, 1.807) is 11.8 Å². The Morgan fingerprint density at radius 2 is 2.21 bits per heavy atom. The maximum Gasteiger partial charge on any atom is 0.328 e. The molecule has 19 heavy (non-hydrogen) atoms. The van der Waals surface area contributed by atoms with Crippen molar-refractivity contribution in [2.24, 2.45) is 0 Å². The lowest BCUT2D eigenvalue weighted by atomic mass is 10.0. The number of hydrogen-bond acceptors (Lipinski definition) is 5. The summed E-state index contributed by atoms with van der Waals surface area (Å²) in [6.45, 7) is 2.33. The van der Waals surface area contributed by atoms with Gasteiger partial charge in [-0.3, -0.25) is 4.79 Å². The fraction of sp³-hybridized carbons (Fsp3) is 0.667. The predicted molar refractivity (Wildman–Crippen MR) is 66.1 cm³/mol. The summed E-state index contributed by atoms with van der Waals surface area (Å²) < 4.78 is 6.26. The van der Waals surface area contributed by atoms with Gasteiger partial charge in [0.1, 0.15) is 24.7 Å². The monoisotopic (exact) mass is 266 g/mol. The molecular formula is C12H18N4O3. The number of carbonyl (C=O) groups excluding carboxylic acids is 2. The lowest BCUT2D eigenvalue weighted by Gasteiger charge is -2.35. The number of carbonyl (C=O) groups is 2. The van der Waals surface area contributed by atoms with Crippen LogP contribution in [0.4, 0.5) is 0 Å². The summed E-state index contributed by atoms with van der Waals surface area (Å²) in [6.07, 6.45) is 5.38. The van der Waals surface area contributed by atoms with E-state index in [1.165, 1.54) is 24.4 Å². The highest BCUT2D eigenvalue weighted by molar-refractivity contribution is 5.86. The van der Waals surface area contributed by atoms with Crippen LogP contribution in [0.5, 0.6) is 0 Å². The van der Waals surface area contributed by atoms with E-state index in [0.29, 0.717) is 13.0 Å². The van der Waals surface area contributed by atoms with Crippen LogP contribution < -0.4 is 0 Å². The van der Waals surface area contributed by atoms with Crippen LogP contribution in [-0.4, -0.2) is 51.2 Å². The molecule has 1 saturated heterocycles. The smallest absolute Gasteiger partial charge is 0.328 e. The van der Waals surface area contributed by atoms with Gasteiger partial charge in [0.05, 0.1) is 7.11 Å². The Morgan fingerprint density at radius 3 is 2.84 bits per heavy atom. The molecule has 7 heteroatoms. The van der Waals surface area contributed by atoms with E-state index in [-0.39, 0.29) is 11.9 Å². The van der Waals surface area contributed by atoms with E-state index in [9.17, 15) is 9.59 Å². The Morgan fingerprint density at radius 1 is 1.42 bits per heavy atom. The van der Waals surface area contributed by atoms with E-state index in [2.05, 4.69) is 10.1 Å². The van der Waals surface area contributed by atoms with Crippen molar-refractivity contribution in [1.82, 2.24) is 19.7 Å². The van der Waals surface area contributed by atoms with E-state index < -0.39 is 12.1 Å². The summed E-state index contributed by atoms with van der Waals surface area (Å²) in [5.74, 6) is -0.473. The molecule has 0 aromatic carbocycles. The normalized spacial score (nSPS) is 20.9. The Bertz CT molecular complexity index is 446. The second kappa shape index (κ2) is 5.81. The molecule has 1 amide bonds. The number of amides is 1. The Balaban J connectivity index is 2.13. The number of piperidine rings is 1. The SMILES string of the molecule is COC(=O)[C@H]1CCCCN1C(=O)C(C)n1cncn1. The first-order valence-corrected chi connectivity index (χ1v) is 6.37. The fourth-order valence-electron chi connectivity index (χ4n) is 2.35.